The Bertz CT molecular complexity index is 788. The Kier molecular flexibility index (Phi) is 4.55. The smallest absolute Gasteiger partial charge is 0.258 e. The number of benzene rings is 2. The first kappa shape index (κ1) is 15.8. The zero-order chi connectivity index (χ0) is 15.6. The molecule has 110 valence electrons. The van der Waals surface area contributed by atoms with Crippen LogP contribution in [0.1, 0.15) is 0 Å². The van der Waals surface area contributed by atoms with E-state index in [9.17, 15) is 18.5 Å². The molecule has 2 rings (SSSR count). The summed E-state index contributed by atoms with van der Waals surface area (Å²) in [7, 11) is -3.49. The fourth-order valence-electron chi connectivity index (χ4n) is 1.59. The molecule has 2 aromatic rings. The number of nitrogens with zero attached hydrogens (tertiary/aromatic N) is 1. The molecule has 0 spiro atoms. The maximum atomic E-state index is 11.5. The number of nitro groups is 1. The van der Waals surface area contributed by atoms with Crippen LogP contribution in [0, 0.1) is 10.1 Å². The first-order valence-electron chi connectivity index (χ1n) is 5.69. The summed E-state index contributed by atoms with van der Waals surface area (Å²) < 4.78 is 22.9. The molecular weight excluding hydrogens is 334 g/mol. The molecule has 0 bridgehead atoms. The summed E-state index contributed by atoms with van der Waals surface area (Å²) in [5.74, 6) is 0. The highest BCUT2D eigenvalue weighted by Gasteiger charge is 2.19. The lowest BCUT2D eigenvalue weighted by atomic mass is 10.3. The molecule has 0 heterocycles. The molecule has 0 N–H and O–H groups in total. The number of halogens is 1. The molecule has 0 unspecified atom stereocenters. The molecule has 5 nitrogen and oxygen atoms in total. The van der Waals surface area contributed by atoms with E-state index in [0.29, 0.717) is 9.92 Å². The minimum Gasteiger partial charge on any atom is -0.258 e. The number of nitro benzene ring substituents is 1. The van der Waals surface area contributed by atoms with Crippen LogP contribution in [-0.4, -0.2) is 19.6 Å². The van der Waals surface area contributed by atoms with Crippen LogP contribution in [0.25, 0.3) is 0 Å². The van der Waals surface area contributed by atoms with Gasteiger partial charge in [0.25, 0.3) is 5.69 Å². The van der Waals surface area contributed by atoms with Gasteiger partial charge in [0.1, 0.15) is 0 Å². The lowest BCUT2D eigenvalue weighted by Crippen LogP contribution is -1.99. The highest BCUT2D eigenvalue weighted by atomic mass is 35.5. The average Bonchev–Trinajstić information content (AvgIpc) is 2.40. The zero-order valence-corrected chi connectivity index (χ0v) is 13.2. The molecule has 0 radical (unpaired) electrons. The SMILES string of the molecule is CS(=O)(=O)c1ccc(Sc2ccc(Cl)cc2)c([N+](=O)[O-])c1. The van der Waals surface area contributed by atoms with Crippen molar-refractivity contribution in [2.24, 2.45) is 0 Å². The molecule has 8 heteroatoms. The molecule has 0 saturated carbocycles. The molecule has 0 aliphatic rings. The second-order valence-electron chi connectivity index (χ2n) is 4.21. The van der Waals surface area contributed by atoms with Gasteiger partial charge in [0.15, 0.2) is 9.84 Å². The van der Waals surface area contributed by atoms with Crippen molar-refractivity contribution in [2.45, 2.75) is 14.7 Å². The Hall–Kier alpha value is -1.57. The van der Waals surface area contributed by atoms with Gasteiger partial charge >= 0.3 is 0 Å². The maximum Gasteiger partial charge on any atom is 0.284 e. The Morgan fingerprint density at radius 3 is 2.29 bits per heavy atom. The van der Waals surface area contributed by atoms with Crippen molar-refractivity contribution in [3.05, 3.63) is 57.6 Å². The largest absolute Gasteiger partial charge is 0.284 e. The third kappa shape index (κ3) is 3.96. The summed E-state index contributed by atoms with van der Waals surface area (Å²) in [6.45, 7) is 0. The predicted molar refractivity (Wildman–Crippen MR) is 81.8 cm³/mol. The van der Waals surface area contributed by atoms with Crippen LogP contribution >= 0.6 is 23.4 Å². The van der Waals surface area contributed by atoms with Crippen molar-refractivity contribution >= 4 is 38.9 Å². The number of sulfone groups is 1. The zero-order valence-electron chi connectivity index (χ0n) is 10.8. The quantitative estimate of drug-likeness (QED) is 0.623. The van der Waals surface area contributed by atoms with E-state index in [0.717, 1.165) is 17.2 Å². The minimum absolute atomic E-state index is 0.0744. The van der Waals surface area contributed by atoms with Crippen molar-refractivity contribution < 1.29 is 13.3 Å². The van der Waals surface area contributed by atoms with Crippen molar-refractivity contribution in [3.8, 4) is 0 Å². The first-order valence-corrected chi connectivity index (χ1v) is 8.78. The summed E-state index contributed by atoms with van der Waals surface area (Å²) in [5, 5.41) is 11.7. The molecule has 0 saturated heterocycles. The van der Waals surface area contributed by atoms with E-state index in [2.05, 4.69) is 0 Å². The number of hydrogen-bond acceptors (Lipinski definition) is 5. The van der Waals surface area contributed by atoms with Gasteiger partial charge in [-0.2, -0.15) is 0 Å². The van der Waals surface area contributed by atoms with Gasteiger partial charge in [0.05, 0.1) is 14.7 Å². The topological polar surface area (TPSA) is 77.3 Å². The number of hydrogen-bond donors (Lipinski definition) is 0. The van der Waals surface area contributed by atoms with E-state index >= 15 is 0 Å². The van der Waals surface area contributed by atoms with E-state index in [1.807, 2.05) is 0 Å². The van der Waals surface area contributed by atoms with Crippen LogP contribution in [0.4, 0.5) is 5.69 Å². The molecular formula is C13H10ClNO4S2. The Labute approximate surface area is 131 Å². The van der Waals surface area contributed by atoms with Crippen LogP contribution in [0.15, 0.2) is 57.2 Å². The molecule has 0 aromatic heterocycles. The molecule has 0 atom stereocenters. The number of rotatable bonds is 4. The Morgan fingerprint density at radius 2 is 1.76 bits per heavy atom. The van der Waals surface area contributed by atoms with Gasteiger partial charge in [-0.1, -0.05) is 23.4 Å². The molecule has 0 aliphatic heterocycles. The van der Waals surface area contributed by atoms with E-state index in [1.54, 1.807) is 24.3 Å². The average molecular weight is 344 g/mol. The highest BCUT2D eigenvalue weighted by Crippen LogP contribution is 2.36. The Balaban J connectivity index is 2.44. The van der Waals surface area contributed by atoms with Crippen LogP contribution in [0.3, 0.4) is 0 Å². The standard InChI is InChI=1S/C13H10ClNO4S2/c1-21(18,19)11-6-7-13(12(8-11)15(16)17)20-10-4-2-9(14)3-5-10/h2-8H,1H3. The van der Waals surface area contributed by atoms with Crippen LogP contribution in [-0.2, 0) is 9.84 Å². The summed E-state index contributed by atoms with van der Waals surface area (Å²) in [4.78, 5) is 11.6. The van der Waals surface area contributed by atoms with Crippen LogP contribution in [0.5, 0.6) is 0 Å². The van der Waals surface area contributed by atoms with Gasteiger partial charge in [-0.25, -0.2) is 8.42 Å². The predicted octanol–water partition coefficient (Wildman–Crippen LogP) is 3.80. The summed E-state index contributed by atoms with van der Waals surface area (Å²) in [6, 6.07) is 10.7. The molecule has 21 heavy (non-hydrogen) atoms. The van der Waals surface area contributed by atoms with Crippen molar-refractivity contribution in [2.75, 3.05) is 6.26 Å². The van der Waals surface area contributed by atoms with Crippen LogP contribution in [0.2, 0.25) is 5.02 Å². The van der Waals surface area contributed by atoms with Gasteiger partial charge in [-0.15, -0.1) is 0 Å². The summed E-state index contributed by atoms with van der Waals surface area (Å²) in [6.07, 6.45) is 1.01. The lowest BCUT2D eigenvalue weighted by molar-refractivity contribution is -0.388. The molecule has 0 amide bonds. The fourth-order valence-corrected chi connectivity index (χ4v) is 3.25. The first-order chi connectivity index (χ1) is 9.77. The fraction of sp³-hybridized carbons (Fsp3) is 0.0769. The van der Waals surface area contributed by atoms with Gasteiger partial charge in [0, 0.05) is 22.2 Å². The van der Waals surface area contributed by atoms with Gasteiger partial charge in [0.2, 0.25) is 0 Å². The Morgan fingerprint density at radius 1 is 1.14 bits per heavy atom. The second kappa shape index (κ2) is 6.05. The lowest BCUT2D eigenvalue weighted by Gasteiger charge is -2.05. The molecule has 0 aliphatic carbocycles. The van der Waals surface area contributed by atoms with Crippen molar-refractivity contribution in [3.63, 3.8) is 0 Å². The van der Waals surface area contributed by atoms with Crippen molar-refractivity contribution in [1.82, 2.24) is 0 Å². The van der Waals surface area contributed by atoms with E-state index in [1.165, 1.54) is 23.9 Å². The molecule has 0 fully saturated rings. The second-order valence-corrected chi connectivity index (χ2v) is 7.78. The van der Waals surface area contributed by atoms with Crippen LogP contribution < -0.4 is 0 Å². The van der Waals surface area contributed by atoms with Gasteiger partial charge in [-0.05, 0) is 36.4 Å². The highest BCUT2D eigenvalue weighted by molar-refractivity contribution is 7.99. The van der Waals surface area contributed by atoms with Gasteiger partial charge < -0.3 is 0 Å². The maximum absolute atomic E-state index is 11.5. The normalized spacial score (nSPS) is 11.3. The van der Waals surface area contributed by atoms with Crippen molar-refractivity contribution in [1.29, 1.82) is 0 Å². The monoisotopic (exact) mass is 343 g/mol. The molecule has 2 aromatic carbocycles. The minimum atomic E-state index is -3.49. The van der Waals surface area contributed by atoms with E-state index < -0.39 is 14.8 Å². The third-order valence-electron chi connectivity index (χ3n) is 2.60. The van der Waals surface area contributed by atoms with E-state index in [4.69, 9.17) is 11.6 Å². The summed E-state index contributed by atoms with van der Waals surface area (Å²) in [5.41, 5.74) is -0.238. The third-order valence-corrected chi connectivity index (χ3v) is 5.03. The summed E-state index contributed by atoms with van der Waals surface area (Å²) >= 11 is 6.96. The van der Waals surface area contributed by atoms with Gasteiger partial charge in [-0.3, -0.25) is 10.1 Å². The van der Waals surface area contributed by atoms with E-state index in [-0.39, 0.29) is 10.6 Å².